The van der Waals surface area contributed by atoms with E-state index >= 15 is 0 Å². The molecule has 0 bridgehead atoms. The molecule has 0 saturated heterocycles. The van der Waals surface area contributed by atoms with Gasteiger partial charge in [0.1, 0.15) is 4.90 Å². The maximum atomic E-state index is 11.6. The van der Waals surface area contributed by atoms with E-state index in [9.17, 15) is 8.42 Å². The molecule has 0 fully saturated rings. The van der Waals surface area contributed by atoms with E-state index < -0.39 is 10.0 Å². The van der Waals surface area contributed by atoms with Gasteiger partial charge < -0.3 is 0 Å². The number of halogens is 1. The van der Waals surface area contributed by atoms with Crippen molar-refractivity contribution >= 4 is 21.6 Å². The Morgan fingerprint density at radius 3 is 2.45 bits per heavy atom. The maximum absolute atomic E-state index is 11.6. The van der Waals surface area contributed by atoms with Crippen LogP contribution < -0.4 is 5.14 Å². The summed E-state index contributed by atoms with van der Waals surface area (Å²) in [6, 6.07) is 5.72. The largest absolute Gasteiger partial charge is 0.264 e. The van der Waals surface area contributed by atoms with E-state index in [0.29, 0.717) is 23.0 Å². The van der Waals surface area contributed by atoms with Gasteiger partial charge in [-0.1, -0.05) is 23.7 Å². The van der Waals surface area contributed by atoms with Gasteiger partial charge in [-0.3, -0.25) is 4.68 Å². The Labute approximate surface area is 123 Å². The Morgan fingerprint density at radius 2 is 1.95 bits per heavy atom. The molecule has 1 heterocycles. The lowest BCUT2D eigenvalue weighted by molar-refractivity contribution is 0.595. The number of primary sulfonamides is 1. The van der Waals surface area contributed by atoms with Gasteiger partial charge in [-0.15, -0.1) is 0 Å². The number of aromatic nitrogens is 2. The molecule has 5 nitrogen and oxygen atoms in total. The van der Waals surface area contributed by atoms with E-state index in [2.05, 4.69) is 5.10 Å². The number of nitrogens with two attached hydrogens (primary N) is 1. The summed E-state index contributed by atoms with van der Waals surface area (Å²) in [5.41, 5.74) is 2.86. The zero-order chi connectivity index (χ0) is 15.1. The normalized spacial score (nSPS) is 11.8. The lowest BCUT2D eigenvalue weighted by atomic mass is 10.1. The third kappa shape index (κ3) is 2.87. The van der Waals surface area contributed by atoms with E-state index in [4.69, 9.17) is 16.7 Å². The van der Waals surface area contributed by atoms with Gasteiger partial charge in [0, 0.05) is 5.02 Å². The van der Waals surface area contributed by atoms with E-state index in [0.717, 1.165) is 11.1 Å². The lowest BCUT2D eigenvalue weighted by Crippen LogP contribution is -2.14. The van der Waals surface area contributed by atoms with Gasteiger partial charge in [0.05, 0.1) is 17.9 Å². The lowest BCUT2D eigenvalue weighted by Gasteiger charge is -2.08. The zero-order valence-corrected chi connectivity index (χ0v) is 13.1. The van der Waals surface area contributed by atoms with Crippen molar-refractivity contribution in [2.75, 3.05) is 0 Å². The zero-order valence-electron chi connectivity index (χ0n) is 11.5. The highest BCUT2D eigenvalue weighted by Gasteiger charge is 2.21. The molecule has 0 aliphatic rings. The smallest absolute Gasteiger partial charge is 0.241 e. The molecule has 0 amide bonds. The Bertz CT molecular complexity index is 766. The van der Waals surface area contributed by atoms with E-state index in [1.54, 1.807) is 18.5 Å². The molecule has 108 valence electrons. The number of sulfonamides is 1. The molecule has 2 N–H and O–H groups in total. The number of rotatable bonds is 3. The minimum Gasteiger partial charge on any atom is -0.264 e. The molecule has 20 heavy (non-hydrogen) atoms. The molecule has 1 aromatic heterocycles. The van der Waals surface area contributed by atoms with Crippen molar-refractivity contribution in [3.8, 4) is 0 Å². The third-order valence-electron chi connectivity index (χ3n) is 3.13. The van der Waals surface area contributed by atoms with Crippen molar-refractivity contribution in [2.45, 2.75) is 32.2 Å². The van der Waals surface area contributed by atoms with Crippen LogP contribution in [0.25, 0.3) is 0 Å². The molecule has 0 aliphatic heterocycles. The number of hydrogen-bond acceptors (Lipinski definition) is 3. The number of benzene rings is 1. The second-order valence-electron chi connectivity index (χ2n) is 4.80. The topological polar surface area (TPSA) is 78.0 Å². The van der Waals surface area contributed by atoms with Crippen molar-refractivity contribution < 1.29 is 8.42 Å². The fourth-order valence-electron chi connectivity index (χ4n) is 2.19. The molecule has 0 spiro atoms. The predicted octanol–water partition coefficient (Wildman–Crippen LogP) is 2.16. The number of hydrogen-bond donors (Lipinski definition) is 1. The fourth-order valence-corrected chi connectivity index (χ4v) is 3.45. The highest BCUT2D eigenvalue weighted by Crippen LogP contribution is 2.22. The first-order valence-corrected chi connectivity index (χ1v) is 7.94. The molecule has 7 heteroatoms. The molecule has 0 radical (unpaired) electrons. The Hall–Kier alpha value is -1.37. The van der Waals surface area contributed by atoms with Crippen molar-refractivity contribution in [2.24, 2.45) is 5.14 Å². The van der Waals surface area contributed by atoms with E-state index in [1.165, 1.54) is 0 Å². The van der Waals surface area contributed by atoms with Crippen molar-refractivity contribution in [3.63, 3.8) is 0 Å². The van der Waals surface area contributed by atoms with Crippen LogP contribution in [0.1, 0.15) is 22.5 Å². The van der Waals surface area contributed by atoms with Crippen molar-refractivity contribution in [1.82, 2.24) is 9.78 Å². The van der Waals surface area contributed by atoms with Gasteiger partial charge in [-0.05, 0) is 38.0 Å². The summed E-state index contributed by atoms with van der Waals surface area (Å²) in [6.45, 7) is 5.67. The Kier molecular flexibility index (Phi) is 3.90. The highest BCUT2D eigenvalue weighted by molar-refractivity contribution is 7.89. The predicted molar refractivity (Wildman–Crippen MR) is 78.4 cm³/mol. The van der Waals surface area contributed by atoms with Gasteiger partial charge in [-0.25, -0.2) is 13.6 Å². The van der Waals surface area contributed by atoms with Crippen LogP contribution in [0.2, 0.25) is 5.02 Å². The van der Waals surface area contributed by atoms with Crippen LogP contribution in [-0.2, 0) is 16.6 Å². The summed E-state index contributed by atoms with van der Waals surface area (Å²) in [4.78, 5) is 0.0840. The van der Waals surface area contributed by atoms with Crippen LogP contribution in [0.15, 0.2) is 23.1 Å². The molecule has 0 atom stereocenters. The van der Waals surface area contributed by atoms with Crippen LogP contribution in [-0.4, -0.2) is 18.2 Å². The van der Waals surface area contributed by atoms with Gasteiger partial charge in [0.25, 0.3) is 0 Å². The molecule has 1 aromatic carbocycles. The third-order valence-corrected chi connectivity index (χ3v) is 4.64. The first-order chi connectivity index (χ1) is 9.20. The van der Waals surface area contributed by atoms with Crippen LogP contribution >= 0.6 is 11.6 Å². The summed E-state index contributed by atoms with van der Waals surface area (Å²) in [5, 5.41) is 10.1. The molecular formula is C13H16ClN3O2S. The van der Waals surface area contributed by atoms with Gasteiger partial charge in [0.2, 0.25) is 10.0 Å². The summed E-state index contributed by atoms with van der Waals surface area (Å²) in [5.74, 6) is 0. The minimum absolute atomic E-state index is 0.0840. The van der Waals surface area contributed by atoms with Gasteiger partial charge >= 0.3 is 0 Å². The first kappa shape index (κ1) is 15.0. The second-order valence-corrected chi connectivity index (χ2v) is 6.70. The standard InChI is InChI=1S/C13H16ClN3O2S/c1-8-4-5-11(12(14)6-8)7-17-10(3)13(9(2)16-17)20(15,18)19/h4-6H,7H2,1-3H3,(H2,15,18,19). The summed E-state index contributed by atoms with van der Waals surface area (Å²) < 4.78 is 24.7. The molecular weight excluding hydrogens is 298 g/mol. The summed E-state index contributed by atoms with van der Waals surface area (Å²) >= 11 is 6.18. The monoisotopic (exact) mass is 313 g/mol. The SMILES string of the molecule is Cc1ccc(Cn2nc(C)c(S(N)(=O)=O)c2C)c(Cl)c1. The van der Waals surface area contributed by atoms with Crippen LogP contribution in [0.5, 0.6) is 0 Å². The highest BCUT2D eigenvalue weighted by atomic mass is 35.5. The van der Waals surface area contributed by atoms with Crippen molar-refractivity contribution in [1.29, 1.82) is 0 Å². The number of aryl methyl sites for hydroxylation is 2. The Balaban J connectivity index is 2.46. The summed E-state index contributed by atoms with van der Waals surface area (Å²) in [6.07, 6.45) is 0. The molecule has 2 aromatic rings. The average Bonchev–Trinajstić information content (AvgIpc) is 2.57. The van der Waals surface area contributed by atoms with E-state index in [1.807, 2.05) is 25.1 Å². The molecule has 0 unspecified atom stereocenters. The maximum Gasteiger partial charge on any atom is 0.241 e. The Morgan fingerprint density at radius 1 is 1.30 bits per heavy atom. The van der Waals surface area contributed by atoms with Crippen LogP contribution in [0.4, 0.5) is 0 Å². The number of nitrogens with zero attached hydrogens (tertiary/aromatic N) is 2. The van der Waals surface area contributed by atoms with Crippen LogP contribution in [0, 0.1) is 20.8 Å². The van der Waals surface area contributed by atoms with Gasteiger partial charge in [-0.2, -0.15) is 5.10 Å². The second kappa shape index (κ2) is 5.20. The van der Waals surface area contributed by atoms with Crippen LogP contribution in [0.3, 0.4) is 0 Å². The fraction of sp³-hybridized carbons (Fsp3) is 0.308. The summed E-state index contributed by atoms with van der Waals surface area (Å²) in [7, 11) is -3.77. The first-order valence-electron chi connectivity index (χ1n) is 6.02. The van der Waals surface area contributed by atoms with Gasteiger partial charge in [0.15, 0.2) is 0 Å². The molecule has 2 rings (SSSR count). The minimum atomic E-state index is -3.77. The van der Waals surface area contributed by atoms with E-state index in [-0.39, 0.29) is 4.90 Å². The molecule has 0 aliphatic carbocycles. The molecule has 0 saturated carbocycles. The van der Waals surface area contributed by atoms with Crippen molar-refractivity contribution in [3.05, 3.63) is 45.7 Å². The quantitative estimate of drug-likeness (QED) is 0.943. The average molecular weight is 314 g/mol.